The van der Waals surface area contributed by atoms with Crippen molar-refractivity contribution in [1.82, 2.24) is 14.9 Å². The van der Waals surface area contributed by atoms with Crippen molar-refractivity contribution < 1.29 is 32.9 Å². The predicted octanol–water partition coefficient (Wildman–Crippen LogP) is 1.91. The summed E-state index contributed by atoms with van der Waals surface area (Å²) in [5.41, 5.74) is 0.871. The van der Waals surface area contributed by atoms with Gasteiger partial charge in [0.05, 0.1) is 5.56 Å². The van der Waals surface area contributed by atoms with E-state index in [1.807, 2.05) is 0 Å². The van der Waals surface area contributed by atoms with Crippen molar-refractivity contribution >= 4 is 34.5 Å². The van der Waals surface area contributed by atoms with Crippen molar-refractivity contribution in [2.24, 2.45) is 0 Å². The summed E-state index contributed by atoms with van der Waals surface area (Å²) in [4.78, 5) is 23.2. The van der Waals surface area contributed by atoms with Crippen LogP contribution in [0.15, 0.2) is 28.1 Å². The van der Waals surface area contributed by atoms with E-state index in [2.05, 4.69) is 9.97 Å². The van der Waals surface area contributed by atoms with Gasteiger partial charge in [-0.25, -0.2) is 4.98 Å². The standard InChI is InChI=1S/C19H18F2N4O5S/c20-19(21,9-26)30-13-4-3-12(16-22-5-6-31-16)15-14(13)23-17(29-15)24-7-10-1-2-11(8-24)25(10)18(27)28/h3-6,10-11,26H,1-2,7-9H2,(H,27,28)/p-1. The number of carbonyl (C=O) groups is 1. The molecule has 3 aromatic rings. The molecule has 1 amide bonds. The van der Waals surface area contributed by atoms with Gasteiger partial charge in [0.1, 0.15) is 17.7 Å². The molecule has 12 heteroatoms. The number of carbonyl (C=O) groups excluding carboxylic acids is 1. The highest BCUT2D eigenvalue weighted by Crippen LogP contribution is 2.40. The van der Waals surface area contributed by atoms with E-state index in [1.54, 1.807) is 22.5 Å². The molecule has 2 aromatic heterocycles. The summed E-state index contributed by atoms with van der Waals surface area (Å²) >= 11 is 1.35. The number of carboxylic acid groups (broad SMARTS) is 1. The number of rotatable bonds is 5. The molecule has 2 aliphatic heterocycles. The van der Waals surface area contributed by atoms with Gasteiger partial charge in [0.15, 0.2) is 16.8 Å². The van der Waals surface area contributed by atoms with Crippen LogP contribution in [0.3, 0.4) is 0 Å². The predicted molar refractivity (Wildman–Crippen MR) is 104 cm³/mol. The number of alkyl halides is 2. The fourth-order valence-electron chi connectivity index (χ4n) is 4.26. The Morgan fingerprint density at radius 3 is 2.71 bits per heavy atom. The number of benzene rings is 1. The number of amides is 1. The van der Waals surface area contributed by atoms with Crippen molar-refractivity contribution in [1.29, 1.82) is 0 Å². The van der Waals surface area contributed by atoms with E-state index < -0.39 is 18.8 Å². The number of hydrogen-bond acceptors (Lipinski definition) is 9. The van der Waals surface area contributed by atoms with Crippen LogP contribution in [0.25, 0.3) is 21.7 Å². The van der Waals surface area contributed by atoms with Crippen LogP contribution in [0.1, 0.15) is 12.8 Å². The summed E-state index contributed by atoms with van der Waals surface area (Å²) in [6, 6.07) is 2.59. The molecule has 31 heavy (non-hydrogen) atoms. The Balaban J connectivity index is 1.56. The van der Waals surface area contributed by atoms with Gasteiger partial charge in [0, 0.05) is 36.8 Å². The van der Waals surface area contributed by atoms with Crippen LogP contribution in [-0.4, -0.2) is 64.0 Å². The number of thiazole rings is 1. The monoisotopic (exact) mass is 451 g/mol. The number of fused-ring (bicyclic) bond motifs is 3. The number of oxazole rings is 1. The number of anilines is 1. The summed E-state index contributed by atoms with van der Waals surface area (Å²) in [6.07, 6.45) is -1.95. The lowest BCUT2D eigenvalue weighted by atomic mass is 10.2. The smallest absolute Gasteiger partial charge is 0.421 e. The fraction of sp³-hybridized carbons (Fsp3) is 0.421. The molecule has 2 fully saturated rings. The highest BCUT2D eigenvalue weighted by atomic mass is 32.1. The SMILES string of the molecule is O=C([O-])N1C2CCC1CN(c1nc3c(OC(F)(F)CO)ccc(-c4nccs4)c3o1)C2. The highest BCUT2D eigenvalue weighted by molar-refractivity contribution is 7.13. The van der Waals surface area contributed by atoms with Gasteiger partial charge >= 0.3 is 6.11 Å². The van der Waals surface area contributed by atoms with Crippen molar-refractivity contribution in [2.75, 3.05) is 24.6 Å². The van der Waals surface area contributed by atoms with Gasteiger partial charge < -0.3 is 34.0 Å². The maximum absolute atomic E-state index is 13.7. The number of piperazine rings is 1. The van der Waals surface area contributed by atoms with Crippen LogP contribution >= 0.6 is 11.3 Å². The Kier molecular flexibility index (Phi) is 4.70. The number of aliphatic hydroxyl groups is 1. The molecule has 9 nitrogen and oxygen atoms in total. The van der Waals surface area contributed by atoms with Gasteiger partial charge in [-0.05, 0) is 25.0 Å². The van der Waals surface area contributed by atoms with Crippen LogP contribution < -0.4 is 14.7 Å². The van der Waals surface area contributed by atoms with E-state index in [-0.39, 0.29) is 34.9 Å². The van der Waals surface area contributed by atoms with Crippen molar-refractivity contribution in [3.05, 3.63) is 23.7 Å². The summed E-state index contributed by atoms with van der Waals surface area (Å²) in [5.74, 6) is -0.235. The number of hydrogen-bond donors (Lipinski definition) is 1. The second-order valence-electron chi connectivity index (χ2n) is 7.48. The molecule has 4 heterocycles. The number of halogens is 2. The normalized spacial score (nSPS) is 21.1. The Labute approximate surface area is 178 Å². The molecule has 164 valence electrons. The minimum absolute atomic E-state index is 0.0745. The first kappa shape index (κ1) is 19.9. The zero-order valence-electron chi connectivity index (χ0n) is 16.0. The quantitative estimate of drug-likeness (QED) is 0.626. The largest absolute Gasteiger partial charge is 0.530 e. The van der Waals surface area contributed by atoms with Crippen molar-refractivity contribution in [3.63, 3.8) is 0 Å². The lowest BCUT2D eigenvalue weighted by Crippen LogP contribution is -2.59. The number of nitrogens with zero attached hydrogens (tertiary/aromatic N) is 4. The Morgan fingerprint density at radius 1 is 1.35 bits per heavy atom. The maximum atomic E-state index is 13.7. The third-order valence-electron chi connectivity index (χ3n) is 5.56. The van der Waals surface area contributed by atoms with Gasteiger partial charge in [-0.3, -0.25) is 0 Å². The van der Waals surface area contributed by atoms with Crippen LogP contribution in [0, 0.1) is 0 Å². The fourth-order valence-corrected chi connectivity index (χ4v) is 4.92. The highest BCUT2D eigenvalue weighted by Gasteiger charge is 2.41. The molecule has 0 spiro atoms. The first-order chi connectivity index (χ1) is 14.9. The van der Waals surface area contributed by atoms with Crippen LogP contribution in [0.5, 0.6) is 5.75 Å². The zero-order chi connectivity index (χ0) is 21.8. The first-order valence-corrected chi connectivity index (χ1v) is 10.5. The second kappa shape index (κ2) is 7.31. The third-order valence-corrected chi connectivity index (χ3v) is 6.37. The molecular weight excluding hydrogens is 434 g/mol. The molecule has 2 unspecified atom stereocenters. The number of ether oxygens (including phenoxy) is 1. The second-order valence-corrected chi connectivity index (χ2v) is 8.38. The van der Waals surface area contributed by atoms with Crippen molar-refractivity contribution in [2.45, 2.75) is 31.0 Å². The average molecular weight is 451 g/mol. The van der Waals surface area contributed by atoms with Crippen LogP contribution in [-0.2, 0) is 0 Å². The Bertz CT molecular complexity index is 1110. The van der Waals surface area contributed by atoms with Gasteiger partial charge in [-0.2, -0.15) is 13.8 Å². The summed E-state index contributed by atoms with van der Waals surface area (Å²) in [5, 5.41) is 22.7. The third kappa shape index (κ3) is 3.45. The van der Waals surface area contributed by atoms with Gasteiger partial charge in [-0.1, -0.05) is 0 Å². The number of aromatic nitrogens is 2. The molecule has 0 aliphatic carbocycles. The minimum Gasteiger partial charge on any atom is -0.530 e. The van der Waals surface area contributed by atoms with Gasteiger partial charge in [0.2, 0.25) is 0 Å². The summed E-state index contributed by atoms with van der Waals surface area (Å²) < 4.78 is 38.1. The van der Waals surface area contributed by atoms with E-state index in [1.165, 1.54) is 22.3 Å². The molecule has 1 aromatic carbocycles. The van der Waals surface area contributed by atoms with E-state index in [0.717, 1.165) is 0 Å². The van der Waals surface area contributed by atoms with E-state index in [0.29, 0.717) is 36.5 Å². The van der Waals surface area contributed by atoms with Gasteiger partial charge in [-0.15, -0.1) is 11.3 Å². The average Bonchev–Trinajstić information content (AvgIpc) is 3.46. The van der Waals surface area contributed by atoms with E-state index >= 15 is 0 Å². The Hall–Kier alpha value is -2.99. The summed E-state index contributed by atoms with van der Waals surface area (Å²) in [7, 11) is 0. The molecule has 2 saturated heterocycles. The maximum Gasteiger partial charge on any atom is 0.421 e. The molecule has 0 radical (unpaired) electrons. The van der Waals surface area contributed by atoms with E-state index in [9.17, 15) is 18.7 Å². The lowest BCUT2D eigenvalue weighted by Gasteiger charge is -2.41. The molecule has 1 N–H and O–H groups in total. The zero-order valence-corrected chi connectivity index (χ0v) is 16.8. The van der Waals surface area contributed by atoms with Crippen LogP contribution in [0.2, 0.25) is 0 Å². The summed E-state index contributed by atoms with van der Waals surface area (Å²) in [6.45, 7) is -0.776. The first-order valence-electron chi connectivity index (χ1n) is 9.61. The van der Waals surface area contributed by atoms with Crippen molar-refractivity contribution in [3.8, 4) is 16.3 Å². The lowest BCUT2D eigenvalue weighted by molar-refractivity contribution is -0.269. The number of aliphatic hydroxyl groups excluding tert-OH is 1. The van der Waals surface area contributed by atoms with Crippen LogP contribution in [0.4, 0.5) is 19.6 Å². The topological polar surface area (TPSA) is 115 Å². The molecule has 5 rings (SSSR count). The Morgan fingerprint density at radius 2 is 2.10 bits per heavy atom. The molecule has 2 aliphatic rings. The molecule has 0 saturated carbocycles. The van der Waals surface area contributed by atoms with Gasteiger partial charge in [0.25, 0.3) is 6.01 Å². The molecule has 2 atom stereocenters. The minimum atomic E-state index is -3.78. The molecular formula is C19H17F2N4O5S-. The molecule has 2 bridgehead atoms. The van der Waals surface area contributed by atoms with E-state index in [4.69, 9.17) is 14.3 Å².